The molecule has 1 atom stereocenters. The van der Waals surface area contributed by atoms with Gasteiger partial charge in [0.1, 0.15) is 5.60 Å². The first kappa shape index (κ1) is 22.7. The topological polar surface area (TPSA) is 118 Å². The molecule has 1 saturated heterocycles. The molecule has 0 bridgehead atoms. The molecule has 11 heteroatoms. The summed E-state index contributed by atoms with van der Waals surface area (Å²) in [6, 6.07) is -0.157. The molecule has 0 unspecified atom stereocenters. The van der Waals surface area contributed by atoms with Crippen molar-refractivity contribution < 1.29 is 23.9 Å². The minimum Gasteiger partial charge on any atom is -0.472 e. The maximum atomic E-state index is 11.8. The summed E-state index contributed by atoms with van der Waals surface area (Å²) in [5, 5.41) is 18.5. The van der Waals surface area contributed by atoms with Crippen LogP contribution in [0.1, 0.15) is 53.0 Å². The van der Waals surface area contributed by atoms with Gasteiger partial charge in [0.05, 0.1) is 17.6 Å². The van der Waals surface area contributed by atoms with Crippen molar-refractivity contribution in [2.24, 2.45) is 0 Å². The number of alkyl carbamates (subject to hydrolysis) is 1. The molecule has 1 aromatic heterocycles. The monoisotopic (exact) mass is 510 g/mol. The second-order valence-electron chi connectivity index (χ2n) is 7.67. The Morgan fingerprint density at radius 3 is 2.68 bits per heavy atom. The van der Waals surface area contributed by atoms with Gasteiger partial charge in [-0.1, -0.05) is 0 Å². The van der Waals surface area contributed by atoms with E-state index in [1.165, 1.54) is 0 Å². The quantitative estimate of drug-likeness (QED) is 0.339. The number of hydrogen-bond donors (Lipinski definition) is 1. The molecule has 1 aliphatic rings. The summed E-state index contributed by atoms with van der Waals surface area (Å²) >= 11 is 1.94. The Bertz CT molecular complexity index is 697. The fourth-order valence-corrected chi connectivity index (χ4v) is 3.65. The van der Waals surface area contributed by atoms with E-state index in [2.05, 4.69) is 10.4 Å². The average Bonchev–Trinajstić information content (AvgIpc) is 2.90. The number of aromatic nitrogens is 2. The Morgan fingerprint density at radius 1 is 1.46 bits per heavy atom. The molecule has 0 aromatic carbocycles. The zero-order chi connectivity index (χ0) is 20.9. The molecule has 2 rings (SSSR count). The van der Waals surface area contributed by atoms with E-state index in [4.69, 9.17) is 14.2 Å². The van der Waals surface area contributed by atoms with Crippen molar-refractivity contribution in [2.45, 2.75) is 64.6 Å². The molecule has 0 radical (unpaired) electrons. The normalized spacial score (nSPS) is 16.5. The molecule has 1 aromatic rings. The highest BCUT2D eigenvalue weighted by molar-refractivity contribution is 14.1. The van der Waals surface area contributed by atoms with E-state index >= 15 is 0 Å². The number of carbonyl (C=O) groups excluding carboxylic acids is 1. The molecule has 0 saturated carbocycles. The molecular weight excluding hydrogens is 483 g/mol. The van der Waals surface area contributed by atoms with Crippen molar-refractivity contribution in [3.8, 4) is 5.88 Å². The van der Waals surface area contributed by atoms with Gasteiger partial charge in [-0.2, -0.15) is 0 Å². The lowest BCUT2D eigenvalue weighted by Gasteiger charge is -2.22. The third kappa shape index (κ3) is 6.47. The highest BCUT2D eigenvalue weighted by atomic mass is 127. The Kier molecular flexibility index (Phi) is 7.87. The third-order valence-electron chi connectivity index (χ3n) is 4.07. The van der Waals surface area contributed by atoms with Gasteiger partial charge in [0.25, 0.3) is 0 Å². The molecule has 10 nitrogen and oxygen atoms in total. The standard InChI is InChI=1S/C17H27IN4O6/c1-11(19-16(23)28-17(2,3)4)5-10-27-15-13(22(24)25)14(18)21(20-15)12-6-8-26-9-7-12/h11-12H,5-10H2,1-4H3,(H,19,23)/t11-/m1/s1. The molecule has 1 N–H and O–H groups in total. The van der Waals surface area contributed by atoms with Crippen molar-refractivity contribution in [1.82, 2.24) is 15.1 Å². The number of ether oxygens (including phenoxy) is 3. The predicted molar refractivity (Wildman–Crippen MR) is 110 cm³/mol. The fourth-order valence-electron chi connectivity index (χ4n) is 2.72. The smallest absolute Gasteiger partial charge is 0.407 e. The van der Waals surface area contributed by atoms with Crippen molar-refractivity contribution in [1.29, 1.82) is 0 Å². The summed E-state index contributed by atoms with van der Waals surface area (Å²) in [6.07, 6.45) is 1.46. The molecule has 1 aliphatic heterocycles. The van der Waals surface area contributed by atoms with E-state index < -0.39 is 16.6 Å². The molecule has 28 heavy (non-hydrogen) atoms. The number of amides is 1. The number of nitrogens with zero attached hydrogens (tertiary/aromatic N) is 3. The minimum absolute atomic E-state index is 0.00496. The van der Waals surface area contributed by atoms with Crippen LogP contribution in [0.4, 0.5) is 10.5 Å². The van der Waals surface area contributed by atoms with Crippen molar-refractivity contribution in [3.63, 3.8) is 0 Å². The van der Waals surface area contributed by atoms with E-state index in [0.29, 0.717) is 23.3 Å². The summed E-state index contributed by atoms with van der Waals surface area (Å²) < 4.78 is 18.3. The molecule has 158 valence electrons. The fraction of sp³-hybridized carbons (Fsp3) is 0.765. The highest BCUT2D eigenvalue weighted by Crippen LogP contribution is 2.35. The van der Waals surface area contributed by atoms with Gasteiger partial charge in [-0.05, 0) is 63.1 Å². The number of nitrogens with one attached hydrogen (secondary N) is 1. The van der Waals surface area contributed by atoms with Gasteiger partial charge in [-0.15, -0.1) is 5.10 Å². The zero-order valence-corrected chi connectivity index (χ0v) is 18.7. The van der Waals surface area contributed by atoms with Crippen LogP contribution in [0.25, 0.3) is 0 Å². The van der Waals surface area contributed by atoms with Gasteiger partial charge < -0.3 is 19.5 Å². The van der Waals surface area contributed by atoms with Crippen LogP contribution in [0.15, 0.2) is 0 Å². The van der Waals surface area contributed by atoms with Gasteiger partial charge in [0, 0.05) is 25.7 Å². The van der Waals surface area contributed by atoms with Crippen molar-refractivity contribution >= 4 is 34.4 Å². The molecule has 2 heterocycles. The summed E-state index contributed by atoms with van der Waals surface area (Å²) in [6.45, 7) is 8.57. The van der Waals surface area contributed by atoms with Gasteiger partial charge in [-0.3, -0.25) is 10.1 Å². The van der Waals surface area contributed by atoms with Crippen LogP contribution in [0.3, 0.4) is 0 Å². The molecule has 1 amide bonds. The maximum Gasteiger partial charge on any atom is 0.407 e. The van der Waals surface area contributed by atoms with Gasteiger partial charge >= 0.3 is 17.7 Å². The molecular formula is C17H27IN4O6. The lowest BCUT2D eigenvalue weighted by Crippen LogP contribution is -2.38. The van der Waals surface area contributed by atoms with E-state index in [1.807, 2.05) is 29.5 Å². The highest BCUT2D eigenvalue weighted by Gasteiger charge is 2.31. The molecule has 1 fully saturated rings. The Balaban J connectivity index is 1.96. The van der Waals surface area contributed by atoms with E-state index in [0.717, 1.165) is 12.8 Å². The zero-order valence-electron chi connectivity index (χ0n) is 16.6. The Morgan fingerprint density at radius 2 is 2.11 bits per heavy atom. The first-order valence-corrected chi connectivity index (χ1v) is 10.3. The van der Waals surface area contributed by atoms with E-state index in [9.17, 15) is 14.9 Å². The number of carbonyl (C=O) groups is 1. The van der Waals surface area contributed by atoms with E-state index in [-0.39, 0.29) is 30.3 Å². The number of hydrogen-bond acceptors (Lipinski definition) is 7. The van der Waals surface area contributed by atoms with Crippen molar-refractivity contribution in [2.75, 3.05) is 19.8 Å². The van der Waals surface area contributed by atoms with Crippen LogP contribution in [0.2, 0.25) is 0 Å². The van der Waals surface area contributed by atoms with Crippen LogP contribution >= 0.6 is 22.6 Å². The van der Waals surface area contributed by atoms with Crippen LogP contribution in [0, 0.1) is 13.8 Å². The number of rotatable bonds is 7. The lowest BCUT2D eigenvalue weighted by molar-refractivity contribution is -0.387. The third-order valence-corrected chi connectivity index (χ3v) is 5.07. The predicted octanol–water partition coefficient (Wildman–Crippen LogP) is 3.43. The molecule has 0 spiro atoms. The first-order chi connectivity index (χ1) is 13.1. The van der Waals surface area contributed by atoms with Crippen molar-refractivity contribution in [3.05, 3.63) is 13.8 Å². The van der Waals surface area contributed by atoms with Crippen LogP contribution in [-0.4, -0.2) is 52.3 Å². The maximum absolute atomic E-state index is 11.8. The van der Waals surface area contributed by atoms with Gasteiger partial charge in [0.15, 0.2) is 3.70 Å². The summed E-state index contributed by atoms with van der Waals surface area (Å²) in [5.74, 6) is 0.00496. The second kappa shape index (κ2) is 9.72. The summed E-state index contributed by atoms with van der Waals surface area (Å²) in [5.41, 5.74) is -0.700. The Hall–Kier alpha value is -1.63. The second-order valence-corrected chi connectivity index (χ2v) is 8.70. The van der Waals surface area contributed by atoms with Gasteiger partial charge in [-0.25, -0.2) is 9.48 Å². The first-order valence-electron chi connectivity index (χ1n) is 9.21. The Labute approximate surface area is 177 Å². The SMILES string of the molecule is C[C@H](CCOc1nn(C2CCOCC2)c(I)c1[N+](=O)[O-])NC(=O)OC(C)(C)C. The van der Waals surface area contributed by atoms with Gasteiger partial charge in [0.2, 0.25) is 0 Å². The lowest BCUT2D eigenvalue weighted by atomic mass is 10.1. The summed E-state index contributed by atoms with van der Waals surface area (Å²) in [4.78, 5) is 22.8. The van der Waals surface area contributed by atoms with Crippen LogP contribution in [-0.2, 0) is 9.47 Å². The van der Waals surface area contributed by atoms with E-state index in [1.54, 1.807) is 25.5 Å². The largest absolute Gasteiger partial charge is 0.472 e. The number of halogens is 1. The molecule has 0 aliphatic carbocycles. The average molecular weight is 510 g/mol. The number of nitro groups is 1. The minimum atomic E-state index is -0.575. The summed E-state index contributed by atoms with van der Waals surface area (Å²) in [7, 11) is 0. The van der Waals surface area contributed by atoms with Crippen LogP contribution < -0.4 is 10.1 Å². The van der Waals surface area contributed by atoms with Crippen LogP contribution in [0.5, 0.6) is 5.88 Å².